The van der Waals surface area contributed by atoms with Crippen molar-refractivity contribution >= 4 is 34.0 Å². The van der Waals surface area contributed by atoms with E-state index >= 15 is 0 Å². The quantitative estimate of drug-likeness (QED) is 0.386. The SMILES string of the molecule is Cc1ccc(Nc2cc3c4c(c2)[C@H](CNCC=N)CCN4CCC3)c2ccccc12. The molecule has 0 aromatic heterocycles. The number of nitrogens with zero attached hydrogens (tertiary/aromatic N) is 1. The van der Waals surface area contributed by atoms with E-state index < -0.39 is 0 Å². The van der Waals surface area contributed by atoms with Crippen LogP contribution in [0.15, 0.2) is 48.5 Å². The zero-order valence-corrected chi connectivity index (χ0v) is 17.7. The molecule has 5 rings (SSSR count). The molecule has 0 spiro atoms. The van der Waals surface area contributed by atoms with Gasteiger partial charge in [0.2, 0.25) is 0 Å². The van der Waals surface area contributed by atoms with E-state index in [2.05, 4.69) is 71.0 Å². The number of anilines is 3. The molecule has 4 nitrogen and oxygen atoms in total. The molecule has 0 unspecified atom stereocenters. The van der Waals surface area contributed by atoms with Crippen molar-refractivity contribution in [2.45, 2.75) is 32.1 Å². The third kappa shape index (κ3) is 3.46. The van der Waals surface area contributed by atoms with Gasteiger partial charge in [-0.1, -0.05) is 30.3 Å². The van der Waals surface area contributed by atoms with E-state index in [4.69, 9.17) is 5.41 Å². The van der Waals surface area contributed by atoms with Crippen LogP contribution in [-0.2, 0) is 6.42 Å². The Balaban J connectivity index is 1.54. The molecule has 3 aromatic rings. The van der Waals surface area contributed by atoms with E-state index in [-0.39, 0.29) is 0 Å². The highest BCUT2D eigenvalue weighted by molar-refractivity contribution is 5.97. The molecule has 154 valence electrons. The lowest BCUT2D eigenvalue weighted by Gasteiger charge is -2.40. The average Bonchev–Trinajstić information content (AvgIpc) is 2.78. The minimum atomic E-state index is 0.504. The smallest absolute Gasteiger partial charge is 0.0464 e. The summed E-state index contributed by atoms with van der Waals surface area (Å²) < 4.78 is 0. The molecule has 1 atom stereocenters. The Labute approximate surface area is 178 Å². The zero-order chi connectivity index (χ0) is 20.5. The van der Waals surface area contributed by atoms with Gasteiger partial charge in [-0.2, -0.15) is 0 Å². The third-order valence-corrected chi connectivity index (χ3v) is 6.65. The predicted molar refractivity (Wildman–Crippen MR) is 128 cm³/mol. The summed E-state index contributed by atoms with van der Waals surface area (Å²) in [5, 5.41) is 17.1. The van der Waals surface area contributed by atoms with Gasteiger partial charge >= 0.3 is 0 Å². The normalized spacial score (nSPS) is 17.6. The summed E-state index contributed by atoms with van der Waals surface area (Å²) in [6.07, 6.45) is 5.02. The summed E-state index contributed by atoms with van der Waals surface area (Å²) in [6, 6.07) is 17.8. The predicted octanol–water partition coefficient (Wildman–Crippen LogP) is 5.37. The minimum absolute atomic E-state index is 0.504. The molecule has 2 aliphatic heterocycles. The maximum absolute atomic E-state index is 7.30. The fraction of sp³-hybridized carbons (Fsp3) is 0.346. The Morgan fingerprint density at radius 1 is 1.10 bits per heavy atom. The summed E-state index contributed by atoms with van der Waals surface area (Å²) in [6.45, 7) is 6.08. The first-order valence-corrected chi connectivity index (χ1v) is 11.1. The zero-order valence-electron chi connectivity index (χ0n) is 17.7. The van der Waals surface area contributed by atoms with Crippen molar-refractivity contribution in [3.8, 4) is 0 Å². The largest absolute Gasteiger partial charge is 0.371 e. The van der Waals surface area contributed by atoms with Gasteiger partial charge in [-0.25, -0.2) is 0 Å². The molecule has 2 heterocycles. The van der Waals surface area contributed by atoms with E-state index in [1.54, 1.807) is 0 Å². The van der Waals surface area contributed by atoms with Crippen LogP contribution in [0.4, 0.5) is 17.1 Å². The number of aryl methyl sites for hydroxylation is 2. The second kappa shape index (κ2) is 8.11. The minimum Gasteiger partial charge on any atom is -0.371 e. The van der Waals surface area contributed by atoms with Crippen LogP contribution in [0.1, 0.15) is 35.4 Å². The van der Waals surface area contributed by atoms with Gasteiger partial charge in [-0.15, -0.1) is 0 Å². The molecule has 4 heteroatoms. The van der Waals surface area contributed by atoms with Crippen molar-refractivity contribution in [1.82, 2.24) is 5.32 Å². The number of benzene rings is 3. The lowest BCUT2D eigenvalue weighted by molar-refractivity contribution is 0.528. The number of fused-ring (bicyclic) bond motifs is 1. The topological polar surface area (TPSA) is 51.1 Å². The lowest BCUT2D eigenvalue weighted by atomic mass is 9.84. The molecule has 0 saturated carbocycles. The van der Waals surface area contributed by atoms with Gasteiger partial charge in [-0.3, -0.25) is 0 Å². The molecule has 0 bridgehead atoms. The van der Waals surface area contributed by atoms with Crippen LogP contribution in [0.25, 0.3) is 10.8 Å². The lowest BCUT2D eigenvalue weighted by Crippen LogP contribution is -2.38. The van der Waals surface area contributed by atoms with Gasteiger partial charge in [0, 0.05) is 60.8 Å². The first-order valence-electron chi connectivity index (χ1n) is 11.1. The van der Waals surface area contributed by atoms with Crippen LogP contribution in [0, 0.1) is 12.3 Å². The van der Waals surface area contributed by atoms with E-state index in [0.717, 1.165) is 19.5 Å². The van der Waals surface area contributed by atoms with Crippen LogP contribution in [0.5, 0.6) is 0 Å². The summed E-state index contributed by atoms with van der Waals surface area (Å²) in [5.41, 5.74) is 8.10. The summed E-state index contributed by atoms with van der Waals surface area (Å²) in [7, 11) is 0. The summed E-state index contributed by atoms with van der Waals surface area (Å²) in [4.78, 5) is 2.59. The van der Waals surface area contributed by atoms with Crippen molar-refractivity contribution in [3.63, 3.8) is 0 Å². The first-order chi connectivity index (χ1) is 14.7. The van der Waals surface area contributed by atoms with Gasteiger partial charge in [0.25, 0.3) is 0 Å². The molecular weight excluding hydrogens is 368 g/mol. The highest BCUT2D eigenvalue weighted by Gasteiger charge is 2.29. The van der Waals surface area contributed by atoms with Crippen LogP contribution >= 0.6 is 0 Å². The second-order valence-electron chi connectivity index (χ2n) is 8.61. The summed E-state index contributed by atoms with van der Waals surface area (Å²) >= 11 is 0. The maximum Gasteiger partial charge on any atom is 0.0464 e. The van der Waals surface area contributed by atoms with Gasteiger partial charge in [0.15, 0.2) is 0 Å². The Hall–Kier alpha value is -2.85. The second-order valence-corrected chi connectivity index (χ2v) is 8.61. The number of hydrogen-bond donors (Lipinski definition) is 3. The fourth-order valence-electron chi connectivity index (χ4n) is 5.20. The van der Waals surface area contributed by atoms with Crippen molar-refractivity contribution in [2.75, 3.05) is 36.4 Å². The third-order valence-electron chi connectivity index (χ3n) is 6.65. The van der Waals surface area contributed by atoms with Gasteiger partial charge in [-0.05, 0) is 66.5 Å². The van der Waals surface area contributed by atoms with Gasteiger partial charge in [0.1, 0.15) is 0 Å². The summed E-state index contributed by atoms with van der Waals surface area (Å²) in [5.74, 6) is 0.504. The van der Waals surface area contributed by atoms with Crippen LogP contribution in [-0.4, -0.2) is 32.4 Å². The van der Waals surface area contributed by atoms with Crippen molar-refractivity contribution in [1.29, 1.82) is 5.41 Å². The molecular formula is C26H30N4. The monoisotopic (exact) mass is 398 g/mol. The number of rotatable bonds is 6. The first kappa shape index (κ1) is 19.1. The molecule has 0 aliphatic carbocycles. The maximum atomic E-state index is 7.30. The number of hydrogen-bond acceptors (Lipinski definition) is 4. The Morgan fingerprint density at radius 3 is 2.83 bits per heavy atom. The Kier molecular flexibility index (Phi) is 5.17. The molecule has 2 aliphatic rings. The average molecular weight is 399 g/mol. The standard InChI is InChI=1S/C26H30N4/c1-18-8-9-25(23-7-3-2-6-22(18)23)29-21-15-19-5-4-13-30-14-10-20(17-28-12-11-27)24(16-21)26(19)30/h2-3,6-9,11,15-16,20,27-29H,4-5,10,12-14,17H2,1H3/t20-/m0/s1. The van der Waals surface area contributed by atoms with Crippen molar-refractivity contribution < 1.29 is 0 Å². The van der Waals surface area contributed by atoms with Crippen LogP contribution < -0.4 is 15.5 Å². The molecule has 0 saturated heterocycles. The van der Waals surface area contributed by atoms with E-state index in [9.17, 15) is 0 Å². The molecule has 3 N–H and O–H groups in total. The van der Waals surface area contributed by atoms with E-state index in [1.807, 2.05) is 0 Å². The molecule has 3 aromatic carbocycles. The molecule has 0 radical (unpaired) electrons. The number of nitrogens with one attached hydrogen (secondary N) is 3. The van der Waals surface area contributed by atoms with Crippen LogP contribution in [0.2, 0.25) is 0 Å². The molecule has 0 amide bonds. The van der Waals surface area contributed by atoms with E-state index in [0.29, 0.717) is 12.5 Å². The highest BCUT2D eigenvalue weighted by Crippen LogP contribution is 2.43. The Bertz CT molecular complexity index is 1090. The van der Waals surface area contributed by atoms with Crippen LogP contribution in [0.3, 0.4) is 0 Å². The van der Waals surface area contributed by atoms with Gasteiger partial charge in [0.05, 0.1) is 0 Å². The molecule has 0 fully saturated rings. The van der Waals surface area contributed by atoms with Crippen molar-refractivity contribution in [2.24, 2.45) is 0 Å². The van der Waals surface area contributed by atoms with Gasteiger partial charge < -0.3 is 20.9 Å². The van der Waals surface area contributed by atoms with Crippen molar-refractivity contribution in [3.05, 3.63) is 65.2 Å². The Morgan fingerprint density at radius 2 is 1.97 bits per heavy atom. The molecule has 30 heavy (non-hydrogen) atoms. The highest BCUT2D eigenvalue weighted by atomic mass is 15.1. The fourth-order valence-corrected chi connectivity index (χ4v) is 5.20. The van der Waals surface area contributed by atoms with E-state index in [1.165, 1.54) is 70.1 Å².